The van der Waals surface area contributed by atoms with Gasteiger partial charge >= 0.3 is 0 Å². The second-order valence-corrected chi connectivity index (χ2v) is 4.63. The van der Waals surface area contributed by atoms with Crippen molar-refractivity contribution in [2.24, 2.45) is 5.92 Å². The monoisotopic (exact) mass is 281 g/mol. The van der Waals surface area contributed by atoms with Gasteiger partial charge in [0, 0.05) is 26.7 Å². The quantitative estimate of drug-likeness (QED) is 0.596. The van der Waals surface area contributed by atoms with Gasteiger partial charge in [-0.25, -0.2) is 0 Å². The fourth-order valence-corrected chi connectivity index (χ4v) is 1.97. The van der Waals surface area contributed by atoms with Gasteiger partial charge in [-0.1, -0.05) is 6.92 Å². The zero-order valence-corrected chi connectivity index (χ0v) is 11.8. The smallest absolute Gasteiger partial charge is 0.292 e. The van der Waals surface area contributed by atoms with Crippen LogP contribution in [0.25, 0.3) is 0 Å². The number of aliphatic hydroxyl groups is 1. The topological polar surface area (TPSA) is 95.7 Å². The SMILES string of the molecule is CNC(=O)C(C)CN(C)c1cc(CO)ccc1[N+](=O)[O-]. The van der Waals surface area contributed by atoms with Crippen molar-refractivity contribution >= 4 is 17.3 Å². The molecule has 0 aliphatic heterocycles. The fourth-order valence-electron chi connectivity index (χ4n) is 1.97. The summed E-state index contributed by atoms with van der Waals surface area (Å²) in [5.74, 6) is -0.430. The Kier molecular flexibility index (Phi) is 5.45. The highest BCUT2D eigenvalue weighted by Crippen LogP contribution is 2.29. The Morgan fingerprint density at radius 2 is 2.20 bits per heavy atom. The zero-order valence-electron chi connectivity index (χ0n) is 11.8. The Hall–Kier alpha value is -2.15. The van der Waals surface area contributed by atoms with E-state index in [2.05, 4.69) is 5.32 Å². The summed E-state index contributed by atoms with van der Waals surface area (Å²) in [7, 11) is 3.23. The van der Waals surface area contributed by atoms with Gasteiger partial charge in [0.05, 0.1) is 17.4 Å². The van der Waals surface area contributed by atoms with Crippen LogP contribution in [0.5, 0.6) is 0 Å². The largest absolute Gasteiger partial charge is 0.392 e. The predicted molar refractivity (Wildman–Crippen MR) is 75.5 cm³/mol. The van der Waals surface area contributed by atoms with Gasteiger partial charge in [-0.2, -0.15) is 0 Å². The first-order chi connectivity index (χ1) is 9.40. The number of carbonyl (C=O) groups excluding carboxylic acids is 1. The van der Waals surface area contributed by atoms with Crippen LogP contribution in [0.3, 0.4) is 0 Å². The minimum atomic E-state index is -0.475. The maximum Gasteiger partial charge on any atom is 0.292 e. The fraction of sp³-hybridized carbons (Fsp3) is 0.462. The van der Waals surface area contributed by atoms with E-state index in [1.165, 1.54) is 12.1 Å². The van der Waals surface area contributed by atoms with E-state index in [9.17, 15) is 14.9 Å². The highest BCUT2D eigenvalue weighted by molar-refractivity contribution is 5.79. The number of amides is 1. The minimum Gasteiger partial charge on any atom is -0.392 e. The van der Waals surface area contributed by atoms with Crippen LogP contribution in [0.4, 0.5) is 11.4 Å². The molecule has 2 N–H and O–H groups in total. The average molecular weight is 281 g/mol. The molecule has 7 nitrogen and oxygen atoms in total. The Labute approximate surface area is 117 Å². The lowest BCUT2D eigenvalue weighted by Gasteiger charge is -2.22. The van der Waals surface area contributed by atoms with E-state index in [4.69, 9.17) is 5.11 Å². The van der Waals surface area contributed by atoms with Crippen LogP contribution >= 0.6 is 0 Å². The highest BCUT2D eigenvalue weighted by atomic mass is 16.6. The Balaban J connectivity index is 3.03. The second kappa shape index (κ2) is 6.85. The van der Waals surface area contributed by atoms with Crippen LogP contribution in [0.2, 0.25) is 0 Å². The first-order valence-electron chi connectivity index (χ1n) is 6.21. The second-order valence-electron chi connectivity index (χ2n) is 4.63. The molecular weight excluding hydrogens is 262 g/mol. The van der Waals surface area contributed by atoms with Crippen molar-refractivity contribution in [1.29, 1.82) is 0 Å². The molecule has 1 atom stereocenters. The molecule has 7 heteroatoms. The van der Waals surface area contributed by atoms with Crippen LogP contribution in [-0.2, 0) is 11.4 Å². The number of aliphatic hydroxyl groups excluding tert-OH is 1. The van der Waals surface area contributed by atoms with E-state index in [0.29, 0.717) is 17.8 Å². The van der Waals surface area contributed by atoms with E-state index in [1.807, 2.05) is 0 Å². The van der Waals surface area contributed by atoms with Crippen molar-refractivity contribution < 1.29 is 14.8 Å². The average Bonchev–Trinajstić information content (AvgIpc) is 2.45. The molecule has 0 aliphatic rings. The summed E-state index contributed by atoms with van der Waals surface area (Å²) in [6, 6.07) is 4.44. The number of rotatable bonds is 6. The van der Waals surface area contributed by atoms with E-state index in [-0.39, 0.29) is 24.1 Å². The van der Waals surface area contributed by atoms with Crippen molar-refractivity contribution in [1.82, 2.24) is 5.32 Å². The lowest BCUT2D eigenvalue weighted by atomic mass is 10.1. The molecule has 1 rings (SSSR count). The lowest BCUT2D eigenvalue weighted by Crippen LogP contribution is -2.34. The Morgan fingerprint density at radius 1 is 1.55 bits per heavy atom. The van der Waals surface area contributed by atoms with Crippen molar-refractivity contribution in [2.45, 2.75) is 13.5 Å². The summed E-state index contributed by atoms with van der Waals surface area (Å²) >= 11 is 0. The first kappa shape index (κ1) is 15.9. The first-order valence-corrected chi connectivity index (χ1v) is 6.21. The van der Waals surface area contributed by atoms with Crippen molar-refractivity contribution in [3.63, 3.8) is 0 Å². The van der Waals surface area contributed by atoms with Gasteiger partial charge < -0.3 is 15.3 Å². The third kappa shape index (κ3) is 3.67. The highest BCUT2D eigenvalue weighted by Gasteiger charge is 2.21. The molecule has 1 aromatic rings. The van der Waals surface area contributed by atoms with Gasteiger partial charge in [0.2, 0.25) is 5.91 Å². The van der Waals surface area contributed by atoms with Crippen LogP contribution < -0.4 is 10.2 Å². The molecule has 1 unspecified atom stereocenters. The maximum absolute atomic E-state index is 11.5. The number of anilines is 1. The summed E-state index contributed by atoms with van der Waals surface area (Å²) in [6.45, 7) is 1.90. The van der Waals surface area contributed by atoms with Gasteiger partial charge in [-0.05, 0) is 17.7 Å². The number of nitro groups is 1. The molecule has 1 aromatic carbocycles. The number of nitro benzene ring substituents is 1. The molecule has 0 aromatic heterocycles. The number of benzene rings is 1. The van der Waals surface area contributed by atoms with Crippen LogP contribution in [-0.4, -0.2) is 36.6 Å². The molecular formula is C13H19N3O4. The Bertz CT molecular complexity index is 504. The normalized spacial score (nSPS) is 11.8. The molecule has 0 aliphatic carbocycles. The standard InChI is InChI=1S/C13H19N3O4/c1-9(13(18)14-2)7-15(3)12-6-10(8-17)4-5-11(12)16(19)20/h4-6,9,17H,7-8H2,1-3H3,(H,14,18). The number of carbonyl (C=O) groups is 1. The van der Waals surface area contributed by atoms with Crippen LogP contribution in [0.15, 0.2) is 18.2 Å². The molecule has 0 radical (unpaired) electrons. The van der Waals surface area contributed by atoms with Gasteiger partial charge in [0.25, 0.3) is 5.69 Å². The van der Waals surface area contributed by atoms with Crippen molar-refractivity contribution in [3.8, 4) is 0 Å². The summed E-state index contributed by atoms with van der Waals surface area (Å²) in [5.41, 5.74) is 0.927. The van der Waals surface area contributed by atoms with Gasteiger partial charge in [-0.3, -0.25) is 14.9 Å². The van der Waals surface area contributed by atoms with E-state index in [0.717, 1.165) is 0 Å². The van der Waals surface area contributed by atoms with E-state index in [1.54, 1.807) is 32.0 Å². The summed E-state index contributed by atoms with van der Waals surface area (Å²) in [5, 5.41) is 22.7. The summed E-state index contributed by atoms with van der Waals surface area (Å²) in [4.78, 5) is 23.7. The molecule has 20 heavy (non-hydrogen) atoms. The van der Waals surface area contributed by atoms with Crippen molar-refractivity contribution in [3.05, 3.63) is 33.9 Å². The predicted octanol–water partition coefficient (Wildman–Crippen LogP) is 0.905. The molecule has 0 spiro atoms. The van der Waals surface area contributed by atoms with Crippen molar-refractivity contribution in [2.75, 3.05) is 25.5 Å². The van der Waals surface area contributed by atoms with E-state index < -0.39 is 4.92 Å². The molecule has 0 fully saturated rings. The van der Waals surface area contributed by atoms with Crippen LogP contribution in [0, 0.1) is 16.0 Å². The molecule has 0 bridgehead atoms. The summed E-state index contributed by atoms with van der Waals surface area (Å²) in [6.07, 6.45) is 0. The third-order valence-electron chi connectivity index (χ3n) is 3.07. The minimum absolute atomic E-state index is 0.0474. The molecule has 0 saturated heterocycles. The molecule has 0 saturated carbocycles. The van der Waals surface area contributed by atoms with Gasteiger partial charge in [0.15, 0.2) is 0 Å². The maximum atomic E-state index is 11.5. The van der Waals surface area contributed by atoms with Gasteiger partial charge in [-0.15, -0.1) is 0 Å². The van der Waals surface area contributed by atoms with Gasteiger partial charge in [0.1, 0.15) is 5.69 Å². The lowest BCUT2D eigenvalue weighted by molar-refractivity contribution is -0.384. The van der Waals surface area contributed by atoms with E-state index >= 15 is 0 Å². The Morgan fingerprint density at radius 3 is 2.70 bits per heavy atom. The third-order valence-corrected chi connectivity index (χ3v) is 3.07. The number of nitrogens with one attached hydrogen (secondary N) is 1. The number of hydrogen-bond donors (Lipinski definition) is 2. The molecule has 0 heterocycles. The molecule has 110 valence electrons. The summed E-state index contributed by atoms with van der Waals surface area (Å²) < 4.78 is 0. The number of nitrogens with zero attached hydrogens (tertiary/aromatic N) is 2. The molecule has 1 amide bonds. The number of hydrogen-bond acceptors (Lipinski definition) is 5. The zero-order chi connectivity index (χ0) is 15.3. The van der Waals surface area contributed by atoms with Crippen LogP contribution in [0.1, 0.15) is 12.5 Å².